The highest BCUT2D eigenvalue weighted by molar-refractivity contribution is 5.93. The second-order valence-corrected chi connectivity index (χ2v) is 5.81. The smallest absolute Gasteiger partial charge is 0.257 e. The lowest BCUT2D eigenvalue weighted by Crippen LogP contribution is -2.36. The van der Waals surface area contributed by atoms with Gasteiger partial charge in [0, 0.05) is 45.7 Å². The Hall–Kier alpha value is -2.47. The molecule has 3 rings (SSSR count). The van der Waals surface area contributed by atoms with Gasteiger partial charge >= 0.3 is 0 Å². The molecule has 0 atom stereocenters. The summed E-state index contributed by atoms with van der Waals surface area (Å²) in [6.45, 7) is 2.81. The number of hydrogen-bond donors (Lipinski definition) is 1. The first-order chi connectivity index (χ1) is 11.8. The van der Waals surface area contributed by atoms with E-state index >= 15 is 0 Å². The minimum Gasteiger partial charge on any atom is -0.385 e. The Labute approximate surface area is 141 Å². The van der Waals surface area contributed by atoms with Gasteiger partial charge in [0.1, 0.15) is 0 Å². The summed E-state index contributed by atoms with van der Waals surface area (Å²) < 4.78 is 4.99. The summed E-state index contributed by atoms with van der Waals surface area (Å²) in [7, 11) is 1.68. The SMILES string of the molecule is COCCCNc1ncc(C(=O)N2CCc3ccccc3C2)cn1. The maximum absolute atomic E-state index is 12.6. The molecular formula is C18H22N4O2. The number of nitrogens with one attached hydrogen (secondary N) is 1. The Morgan fingerprint density at radius 3 is 2.75 bits per heavy atom. The zero-order chi connectivity index (χ0) is 16.8. The minimum absolute atomic E-state index is 0.0181. The van der Waals surface area contributed by atoms with Crippen LogP contribution in [0.25, 0.3) is 0 Å². The van der Waals surface area contributed by atoms with Gasteiger partial charge in [-0.1, -0.05) is 24.3 Å². The first kappa shape index (κ1) is 16.4. The molecule has 1 amide bonds. The average molecular weight is 326 g/mol. The number of aromatic nitrogens is 2. The highest BCUT2D eigenvalue weighted by Crippen LogP contribution is 2.20. The van der Waals surface area contributed by atoms with E-state index in [-0.39, 0.29) is 5.91 Å². The van der Waals surface area contributed by atoms with Gasteiger partial charge in [0.15, 0.2) is 0 Å². The topological polar surface area (TPSA) is 67.3 Å². The van der Waals surface area contributed by atoms with Gasteiger partial charge in [-0.15, -0.1) is 0 Å². The summed E-state index contributed by atoms with van der Waals surface area (Å²) in [5.41, 5.74) is 3.07. The third-order valence-electron chi connectivity index (χ3n) is 4.13. The van der Waals surface area contributed by atoms with Crippen LogP contribution in [0, 0.1) is 0 Å². The van der Waals surface area contributed by atoms with E-state index in [9.17, 15) is 4.79 Å². The van der Waals surface area contributed by atoms with Crippen molar-refractivity contribution in [1.29, 1.82) is 0 Å². The highest BCUT2D eigenvalue weighted by Gasteiger charge is 2.21. The number of nitrogens with zero attached hydrogens (tertiary/aromatic N) is 3. The lowest BCUT2D eigenvalue weighted by atomic mass is 9.99. The van der Waals surface area contributed by atoms with Gasteiger partial charge in [0.05, 0.1) is 5.56 Å². The molecule has 0 bridgehead atoms. The van der Waals surface area contributed by atoms with Gasteiger partial charge < -0.3 is 15.0 Å². The molecule has 0 radical (unpaired) electrons. The van der Waals surface area contributed by atoms with E-state index < -0.39 is 0 Å². The lowest BCUT2D eigenvalue weighted by Gasteiger charge is -2.28. The molecule has 0 saturated heterocycles. The molecule has 24 heavy (non-hydrogen) atoms. The zero-order valence-electron chi connectivity index (χ0n) is 13.9. The van der Waals surface area contributed by atoms with Crippen molar-refractivity contribution in [3.8, 4) is 0 Å². The lowest BCUT2D eigenvalue weighted by molar-refractivity contribution is 0.0734. The van der Waals surface area contributed by atoms with Crippen molar-refractivity contribution in [1.82, 2.24) is 14.9 Å². The van der Waals surface area contributed by atoms with Gasteiger partial charge in [-0.05, 0) is 24.0 Å². The normalized spacial score (nSPS) is 13.5. The van der Waals surface area contributed by atoms with Crippen LogP contribution in [-0.2, 0) is 17.7 Å². The van der Waals surface area contributed by atoms with Crippen molar-refractivity contribution in [2.45, 2.75) is 19.4 Å². The number of carbonyl (C=O) groups is 1. The van der Waals surface area contributed by atoms with Gasteiger partial charge in [0.25, 0.3) is 5.91 Å². The Balaban J connectivity index is 1.59. The third kappa shape index (κ3) is 3.89. The van der Waals surface area contributed by atoms with Gasteiger partial charge in [0.2, 0.25) is 5.95 Å². The molecule has 1 aliphatic heterocycles. The molecule has 0 fully saturated rings. The fourth-order valence-corrected chi connectivity index (χ4v) is 2.80. The van der Waals surface area contributed by atoms with Gasteiger partial charge in [-0.3, -0.25) is 4.79 Å². The predicted molar refractivity (Wildman–Crippen MR) is 91.9 cm³/mol. The zero-order valence-corrected chi connectivity index (χ0v) is 13.9. The Morgan fingerprint density at radius 2 is 2.00 bits per heavy atom. The number of benzene rings is 1. The van der Waals surface area contributed by atoms with Crippen molar-refractivity contribution in [3.05, 3.63) is 53.3 Å². The highest BCUT2D eigenvalue weighted by atomic mass is 16.5. The first-order valence-corrected chi connectivity index (χ1v) is 8.19. The third-order valence-corrected chi connectivity index (χ3v) is 4.13. The first-order valence-electron chi connectivity index (χ1n) is 8.19. The fraction of sp³-hybridized carbons (Fsp3) is 0.389. The van der Waals surface area contributed by atoms with Gasteiger partial charge in [-0.25, -0.2) is 9.97 Å². The Bertz CT molecular complexity index is 688. The summed E-state index contributed by atoms with van der Waals surface area (Å²) in [6, 6.07) is 8.27. The molecule has 2 aromatic rings. The Kier molecular flexibility index (Phi) is 5.38. The number of methoxy groups -OCH3 is 1. The van der Waals surface area contributed by atoms with Crippen LogP contribution < -0.4 is 5.32 Å². The van der Waals surface area contributed by atoms with Crippen LogP contribution in [0.1, 0.15) is 27.9 Å². The molecule has 126 valence electrons. The van der Waals surface area contributed by atoms with Crippen molar-refractivity contribution >= 4 is 11.9 Å². The molecule has 1 N–H and O–H groups in total. The summed E-state index contributed by atoms with van der Waals surface area (Å²) >= 11 is 0. The average Bonchev–Trinajstić information content (AvgIpc) is 2.65. The number of ether oxygens (including phenoxy) is 1. The van der Waals surface area contributed by atoms with Crippen molar-refractivity contribution in [2.75, 3.05) is 32.1 Å². The molecule has 6 heteroatoms. The number of amides is 1. The van der Waals surface area contributed by atoms with E-state index in [0.717, 1.165) is 25.9 Å². The van der Waals surface area contributed by atoms with E-state index in [4.69, 9.17) is 4.74 Å². The molecule has 2 heterocycles. The van der Waals surface area contributed by atoms with E-state index in [1.54, 1.807) is 19.5 Å². The summed E-state index contributed by atoms with van der Waals surface area (Å²) in [5, 5.41) is 3.11. The maximum atomic E-state index is 12.6. The number of carbonyl (C=O) groups excluding carboxylic acids is 1. The van der Waals surface area contributed by atoms with Crippen LogP contribution in [0.3, 0.4) is 0 Å². The van der Waals surface area contributed by atoms with Gasteiger partial charge in [-0.2, -0.15) is 0 Å². The van der Waals surface area contributed by atoms with Crippen LogP contribution in [0.2, 0.25) is 0 Å². The molecule has 0 saturated carbocycles. The molecule has 0 aliphatic carbocycles. The largest absolute Gasteiger partial charge is 0.385 e. The van der Waals surface area contributed by atoms with E-state index in [0.29, 0.717) is 24.7 Å². The molecule has 0 unspecified atom stereocenters. The van der Waals surface area contributed by atoms with Crippen LogP contribution in [-0.4, -0.2) is 47.6 Å². The second-order valence-electron chi connectivity index (χ2n) is 5.81. The number of rotatable bonds is 6. The molecular weight excluding hydrogens is 304 g/mol. The monoisotopic (exact) mass is 326 g/mol. The number of anilines is 1. The van der Waals surface area contributed by atoms with Crippen LogP contribution in [0.5, 0.6) is 0 Å². The summed E-state index contributed by atoms with van der Waals surface area (Å²) in [6.07, 6.45) is 4.96. The number of hydrogen-bond acceptors (Lipinski definition) is 5. The molecule has 1 aliphatic rings. The molecule has 1 aromatic heterocycles. The number of fused-ring (bicyclic) bond motifs is 1. The van der Waals surface area contributed by atoms with Crippen LogP contribution in [0.4, 0.5) is 5.95 Å². The second kappa shape index (κ2) is 7.88. The molecule has 6 nitrogen and oxygen atoms in total. The quantitative estimate of drug-likeness (QED) is 0.824. The maximum Gasteiger partial charge on any atom is 0.257 e. The fourth-order valence-electron chi connectivity index (χ4n) is 2.80. The standard InChI is InChI=1S/C18H22N4O2/c1-24-10-4-8-19-18-20-11-16(12-21-18)17(23)22-9-7-14-5-2-3-6-15(14)13-22/h2-3,5-6,11-12H,4,7-10,13H2,1H3,(H,19,20,21). The van der Waals surface area contributed by atoms with Crippen molar-refractivity contribution in [3.63, 3.8) is 0 Å². The summed E-state index contributed by atoms with van der Waals surface area (Å²) in [5.74, 6) is 0.516. The minimum atomic E-state index is -0.0181. The van der Waals surface area contributed by atoms with Crippen molar-refractivity contribution < 1.29 is 9.53 Å². The van der Waals surface area contributed by atoms with E-state index in [2.05, 4.69) is 27.4 Å². The Morgan fingerprint density at radius 1 is 1.25 bits per heavy atom. The van der Waals surface area contributed by atoms with Crippen LogP contribution >= 0.6 is 0 Å². The summed E-state index contributed by atoms with van der Waals surface area (Å²) in [4.78, 5) is 22.9. The molecule has 0 spiro atoms. The molecule has 1 aromatic carbocycles. The van der Waals surface area contributed by atoms with Crippen molar-refractivity contribution in [2.24, 2.45) is 0 Å². The van der Waals surface area contributed by atoms with E-state index in [1.807, 2.05) is 17.0 Å². The van der Waals surface area contributed by atoms with Crippen LogP contribution in [0.15, 0.2) is 36.7 Å². The van der Waals surface area contributed by atoms with E-state index in [1.165, 1.54) is 11.1 Å². The predicted octanol–water partition coefficient (Wildman–Crippen LogP) is 2.12.